The summed E-state index contributed by atoms with van der Waals surface area (Å²) in [5, 5.41) is 3.59. The Morgan fingerprint density at radius 2 is 1.60 bits per heavy atom. The number of hydrogen-bond donors (Lipinski definition) is 1. The Labute approximate surface area is 97.0 Å². The fraction of sp³-hybridized carbons (Fsp3) is 1.00. The summed E-state index contributed by atoms with van der Waals surface area (Å²) in [5.74, 6) is 0.762. The number of hydrogen-bond acceptors (Lipinski definition) is 1. The van der Waals surface area contributed by atoms with E-state index in [1.165, 1.54) is 12.8 Å². The van der Waals surface area contributed by atoms with Crippen molar-refractivity contribution in [3.8, 4) is 0 Å². The molecule has 1 heteroatoms. The van der Waals surface area contributed by atoms with E-state index >= 15 is 0 Å². The lowest BCUT2D eigenvalue weighted by molar-refractivity contribution is 0.220. The maximum atomic E-state index is 3.59. The van der Waals surface area contributed by atoms with Gasteiger partial charge in [-0.2, -0.15) is 0 Å². The Morgan fingerprint density at radius 3 is 2.00 bits per heavy atom. The van der Waals surface area contributed by atoms with Crippen molar-refractivity contribution in [1.82, 2.24) is 5.32 Å². The van der Waals surface area contributed by atoms with Crippen LogP contribution >= 0.6 is 0 Å². The number of rotatable bonds is 7. The summed E-state index contributed by atoms with van der Waals surface area (Å²) in [6.07, 6.45) is 2.51. The molecule has 0 aromatic rings. The molecule has 0 aromatic carbocycles. The van der Waals surface area contributed by atoms with E-state index in [2.05, 4.69) is 53.8 Å². The lowest BCUT2D eigenvalue weighted by Gasteiger charge is -2.30. The summed E-state index contributed by atoms with van der Waals surface area (Å²) in [6.45, 7) is 18.6. The van der Waals surface area contributed by atoms with Crippen LogP contribution in [0.25, 0.3) is 0 Å². The molecule has 0 bridgehead atoms. The highest BCUT2D eigenvalue weighted by Crippen LogP contribution is 2.29. The summed E-state index contributed by atoms with van der Waals surface area (Å²) in [4.78, 5) is 0. The Kier molecular flexibility index (Phi) is 5.87. The van der Waals surface area contributed by atoms with Crippen molar-refractivity contribution in [3.05, 3.63) is 0 Å². The molecule has 15 heavy (non-hydrogen) atoms. The van der Waals surface area contributed by atoms with E-state index in [0.717, 1.165) is 19.0 Å². The highest BCUT2D eigenvalue weighted by molar-refractivity contribution is 4.75. The molecule has 0 aliphatic heterocycles. The van der Waals surface area contributed by atoms with Crippen molar-refractivity contribution in [2.75, 3.05) is 13.1 Å². The molecule has 0 aromatic heterocycles. The van der Waals surface area contributed by atoms with Crippen LogP contribution in [0.2, 0.25) is 0 Å². The SMILES string of the molecule is CCC(C)(C)CNCCC(C)(C)C(C)C. The maximum absolute atomic E-state index is 3.59. The third-order valence-corrected chi connectivity index (χ3v) is 4.07. The minimum absolute atomic E-state index is 0.446. The molecule has 0 aliphatic rings. The van der Waals surface area contributed by atoms with E-state index in [0.29, 0.717) is 10.8 Å². The second-order valence-corrected chi connectivity index (χ2v) is 6.59. The van der Waals surface area contributed by atoms with Crippen LogP contribution in [0.1, 0.15) is 61.3 Å². The van der Waals surface area contributed by atoms with Gasteiger partial charge in [0.1, 0.15) is 0 Å². The summed E-state index contributed by atoms with van der Waals surface area (Å²) in [6, 6.07) is 0. The van der Waals surface area contributed by atoms with Crippen molar-refractivity contribution < 1.29 is 0 Å². The van der Waals surface area contributed by atoms with Crippen LogP contribution in [0.15, 0.2) is 0 Å². The molecule has 92 valence electrons. The fourth-order valence-electron chi connectivity index (χ4n) is 1.25. The van der Waals surface area contributed by atoms with E-state index in [1.807, 2.05) is 0 Å². The minimum atomic E-state index is 0.446. The Morgan fingerprint density at radius 1 is 1.07 bits per heavy atom. The van der Waals surface area contributed by atoms with E-state index in [9.17, 15) is 0 Å². The molecule has 1 nitrogen and oxygen atoms in total. The molecule has 0 saturated heterocycles. The van der Waals surface area contributed by atoms with Crippen molar-refractivity contribution in [3.63, 3.8) is 0 Å². The monoisotopic (exact) mass is 213 g/mol. The van der Waals surface area contributed by atoms with Crippen LogP contribution in [-0.4, -0.2) is 13.1 Å². The van der Waals surface area contributed by atoms with Crippen LogP contribution in [0.3, 0.4) is 0 Å². The van der Waals surface area contributed by atoms with Gasteiger partial charge in [0, 0.05) is 6.54 Å². The number of nitrogens with one attached hydrogen (secondary N) is 1. The molecule has 0 aliphatic carbocycles. The van der Waals surface area contributed by atoms with Crippen LogP contribution in [0.4, 0.5) is 0 Å². The Hall–Kier alpha value is -0.0400. The molecular weight excluding hydrogens is 182 g/mol. The van der Waals surface area contributed by atoms with Gasteiger partial charge in [0.2, 0.25) is 0 Å². The second-order valence-electron chi connectivity index (χ2n) is 6.59. The van der Waals surface area contributed by atoms with Crippen LogP contribution in [0.5, 0.6) is 0 Å². The molecule has 0 unspecified atom stereocenters. The first-order valence-electron chi connectivity index (χ1n) is 6.42. The molecular formula is C14H31N. The second kappa shape index (κ2) is 5.89. The van der Waals surface area contributed by atoms with Gasteiger partial charge in [0.15, 0.2) is 0 Å². The zero-order valence-electron chi connectivity index (χ0n) is 11.9. The predicted octanol–water partition coefficient (Wildman–Crippen LogP) is 4.08. The lowest BCUT2D eigenvalue weighted by Crippen LogP contribution is -2.32. The Balaban J connectivity index is 3.72. The predicted molar refractivity (Wildman–Crippen MR) is 70.2 cm³/mol. The summed E-state index contributed by atoms with van der Waals surface area (Å²) in [7, 11) is 0. The quantitative estimate of drug-likeness (QED) is 0.628. The van der Waals surface area contributed by atoms with Gasteiger partial charge in [0.05, 0.1) is 0 Å². The summed E-state index contributed by atoms with van der Waals surface area (Å²) < 4.78 is 0. The molecule has 0 spiro atoms. The molecule has 0 saturated carbocycles. The van der Waals surface area contributed by atoms with Gasteiger partial charge in [-0.15, -0.1) is 0 Å². The van der Waals surface area contributed by atoms with Gasteiger partial charge < -0.3 is 5.32 Å². The summed E-state index contributed by atoms with van der Waals surface area (Å²) >= 11 is 0. The average Bonchev–Trinajstić information content (AvgIpc) is 2.12. The molecule has 0 atom stereocenters. The topological polar surface area (TPSA) is 12.0 Å². The van der Waals surface area contributed by atoms with Gasteiger partial charge in [-0.3, -0.25) is 0 Å². The van der Waals surface area contributed by atoms with Gasteiger partial charge >= 0.3 is 0 Å². The van der Waals surface area contributed by atoms with Crippen molar-refractivity contribution in [2.45, 2.75) is 61.3 Å². The first kappa shape index (κ1) is 15.0. The standard InChI is InChI=1S/C14H31N/c1-8-13(4,5)11-15-10-9-14(6,7)12(2)3/h12,15H,8-11H2,1-7H3. The zero-order chi connectivity index (χ0) is 12.1. The van der Waals surface area contributed by atoms with E-state index in [1.54, 1.807) is 0 Å². The smallest absolute Gasteiger partial charge is 0.000242 e. The van der Waals surface area contributed by atoms with E-state index in [-0.39, 0.29) is 0 Å². The van der Waals surface area contributed by atoms with E-state index < -0.39 is 0 Å². The van der Waals surface area contributed by atoms with Gasteiger partial charge in [-0.25, -0.2) is 0 Å². The van der Waals surface area contributed by atoms with Crippen LogP contribution in [-0.2, 0) is 0 Å². The molecule has 0 fully saturated rings. The lowest BCUT2D eigenvalue weighted by atomic mass is 9.78. The van der Waals surface area contributed by atoms with Crippen LogP contribution < -0.4 is 5.32 Å². The fourth-order valence-corrected chi connectivity index (χ4v) is 1.25. The van der Waals surface area contributed by atoms with Crippen LogP contribution in [0, 0.1) is 16.7 Å². The first-order valence-corrected chi connectivity index (χ1v) is 6.42. The third kappa shape index (κ3) is 6.19. The van der Waals surface area contributed by atoms with Crippen molar-refractivity contribution in [1.29, 1.82) is 0 Å². The molecule has 0 heterocycles. The first-order chi connectivity index (χ1) is 6.71. The normalized spacial score (nSPS) is 13.6. The maximum Gasteiger partial charge on any atom is 0.000242 e. The van der Waals surface area contributed by atoms with Crippen molar-refractivity contribution >= 4 is 0 Å². The van der Waals surface area contributed by atoms with Gasteiger partial charge in [0.25, 0.3) is 0 Å². The van der Waals surface area contributed by atoms with E-state index in [4.69, 9.17) is 0 Å². The van der Waals surface area contributed by atoms with Gasteiger partial charge in [-0.05, 0) is 36.1 Å². The highest BCUT2D eigenvalue weighted by atomic mass is 14.9. The molecule has 0 rings (SSSR count). The highest BCUT2D eigenvalue weighted by Gasteiger charge is 2.22. The van der Waals surface area contributed by atoms with Crippen molar-refractivity contribution in [2.24, 2.45) is 16.7 Å². The molecule has 0 radical (unpaired) electrons. The Bertz CT molecular complexity index is 168. The summed E-state index contributed by atoms with van der Waals surface area (Å²) in [5.41, 5.74) is 0.908. The van der Waals surface area contributed by atoms with Gasteiger partial charge in [-0.1, -0.05) is 48.5 Å². The molecule has 1 N–H and O–H groups in total. The third-order valence-electron chi connectivity index (χ3n) is 4.07. The average molecular weight is 213 g/mol. The molecule has 0 amide bonds. The largest absolute Gasteiger partial charge is 0.316 e. The minimum Gasteiger partial charge on any atom is -0.316 e. The zero-order valence-corrected chi connectivity index (χ0v) is 11.9.